The molecule has 0 atom stereocenters. The Morgan fingerprint density at radius 3 is 2.33 bits per heavy atom. The third-order valence-electron chi connectivity index (χ3n) is 2.93. The Hall–Kier alpha value is -2.03. The van der Waals surface area contributed by atoms with E-state index in [-0.39, 0.29) is 5.69 Å². The van der Waals surface area contributed by atoms with Crippen molar-refractivity contribution in [3.8, 4) is 0 Å². The zero-order chi connectivity index (χ0) is 18.7. The zero-order valence-electron chi connectivity index (χ0n) is 13.6. The maximum Gasteiger partial charge on any atom is 0.416 e. The van der Waals surface area contributed by atoms with Gasteiger partial charge in [0.15, 0.2) is 5.69 Å². The molecule has 0 radical (unpaired) electrons. The van der Waals surface area contributed by atoms with Crippen LogP contribution in [0.5, 0.6) is 0 Å². The molecule has 1 aromatic rings. The molecule has 0 aliphatic carbocycles. The molecule has 0 amide bonds. The number of hydrazine groups is 1. The highest BCUT2D eigenvalue weighted by atomic mass is 35.5. The van der Waals surface area contributed by atoms with E-state index in [0.717, 1.165) is 0 Å². The molecule has 0 bridgehead atoms. The average Bonchev–Trinajstić information content (AvgIpc) is 2.41. The van der Waals surface area contributed by atoms with Crippen LogP contribution in [-0.4, -0.2) is 17.3 Å². The van der Waals surface area contributed by atoms with Crippen molar-refractivity contribution in [3.63, 3.8) is 0 Å². The first-order chi connectivity index (χ1) is 10.9. The third-order valence-corrected chi connectivity index (χ3v) is 3.22. The van der Waals surface area contributed by atoms with Crippen LogP contribution < -0.4 is 10.9 Å². The number of hydrogen-bond acceptors (Lipinski definition) is 4. The van der Waals surface area contributed by atoms with Crippen molar-refractivity contribution in [2.75, 3.05) is 12.0 Å². The van der Waals surface area contributed by atoms with Gasteiger partial charge in [0.1, 0.15) is 5.84 Å². The third kappa shape index (κ3) is 4.98. The number of nitrogens with one attached hydrogen (secondary N) is 2. The van der Waals surface area contributed by atoms with E-state index in [1.165, 1.54) is 0 Å². The highest BCUT2D eigenvalue weighted by molar-refractivity contribution is 6.33. The molecule has 0 fully saturated rings. The van der Waals surface area contributed by atoms with E-state index in [2.05, 4.69) is 15.8 Å². The number of aliphatic imine (C=N–C) groups is 1. The molecule has 1 aromatic carbocycles. The maximum absolute atomic E-state index is 12.8. The molecule has 0 saturated heterocycles. The van der Waals surface area contributed by atoms with E-state index in [1.54, 1.807) is 6.92 Å². The molecule has 24 heavy (non-hydrogen) atoms. The second-order valence-electron chi connectivity index (χ2n) is 5.93. The lowest BCUT2D eigenvalue weighted by atomic mass is 9.95. The summed E-state index contributed by atoms with van der Waals surface area (Å²) in [6.07, 6.45) is -4.74. The van der Waals surface area contributed by atoms with Crippen molar-refractivity contribution in [1.82, 2.24) is 5.43 Å². The van der Waals surface area contributed by atoms with E-state index in [1.807, 2.05) is 20.8 Å². The first-order valence-corrected chi connectivity index (χ1v) is 7.37. The number of nitrogens with zero attached hydrogens (tertiary/aromatic N) is 2. The molecule has 0 heterocycles. The summed E-state index contributed by atoms with van der Waals surface area (Å²) in [5, 5.41) is 10.7. The fraction of sp³-hybridized carbons (Fsp3) is 0.500. The Morgan fingerprint density at radius 2 is 1.92 bits per heavy atom. The van der Waals surface area contributed by atoms with Crippen LogP contribution in [0.25, 0.3) is 0 Å². The lowest BCUT2D eigenvalue weighted by Gasteiger charge is -2.24. The molecule has 0 aliphatic rings. The summed E-state index contributed by atoms with van der Waals surface area (Å²) in [5.74, 6) is 0.482. The molecule has 134 valence electrons. The average molecular weight is 367 g/mol. The van der Waals surface area contributed by atoms with E-state index < -0.39 is 32.8 Å². The molecule has 0 aliphatic heterocycles. The van der Waals surface area contributed by atoms with Crippen molar-refractivity contribution < 1.29 is 18.1 Å². The number of amidine groups is 1. The van der Waals surface area contributed by atoms with Gasteiger partial charge in [-0.2, -0.15) is 13.2 Å². The molecule has 0 aromatic heterocycles. The largest absolute Gasteiger partial charge is 0.416 e. The van der Waals surface area contributed by atoms with Gasteiger partial charge in [0.05, 0.1) is 15.5 Å². The van der Waals surface area contributed by atoms with Crippen LogP contribution in [0.2, 0.25) is 5.02 Å². The van der Waals surface area contributed by atoms with Gasteiger partial charge >= 0.3 is 6.18 Å². The quantitative estimate of drug-likeness (QED) is 0.352. The van der Waals surface area contributed by atoms with Gasteiger partial charge in [-0.05, 0) is 13.0 Å². The van der Waals surface area contributed by atoms with Crippen molar-refractivity contribution in [2.24, 2.45) is 10.4 Å². The molecule has 2 N–H and O–H groups in total. The van der Waals surface area contributed by atoms with Gasteiger partial charge in [0, 0.05) is 18.0 Å². The van der Waals surface area contributed by atoms with E-state index in [0.29, 0.717) is 24.5 Å². The van der Waals surface area contributed by atoms with Crippen molar-refractivity contribution in [2.45, 2.75) is 33.9 Å². The minimum Gasteiger partial charge on any atom is -0.292 e. The summed E-state index contributed by atoms with van der Waals surface area (Å²) < 4.78 is 38.3. The molecule has 0 saturated carbocycles. The zero-order valence-corrected chi connectivity index (χ0v) is 14.3. The second kappa shape index (κ2) is 7.25. The number of nitro groups is 1. The summed E-state index contributed by atoms with van der Waals surface area (Å²) in [6, 6.07) is 1.07. The summed E-state index contributed by atoms with van der Waals surface area (Å²) in [7, 11) is 0. The highest BCUT2D eigenvalue weighted by Crippen LogP contribution is 2.39. The van der Waals surface area contributed by atoms with E-state index >= 15 is 0 Å². The first-order valence-electron chi connectivity index (χ1n) is 7.00. The fourth-order valence-electron chi connectivity index (χ4n) is 1.77. The molecule has 0 unspecified atom stereocenters. The molecular formula is C14H18ClF3N4O2. The normalized spacial score (nSPS) is 12.9. The first kappa shape index (κ1) is 20.0. The lowest BCUT2D eigenvalue weighted by molar-refractivity contribution is -0.384. The van der Waals surface area contributed by atoms with Crippen molar-refractivity contribution in [3.05, 3.63) is 32.8 Å². The van der Waals surface area contributed by atoms with Crippen LogP contribution in [0, 0.1) is 15.5 Å². The number of hydrogen-bond donors (Lipinski definition) is 2. The molecule has 1 rings (SSSR count). The standard InChI is InChI=1S/C14H18ClF3N4O2/c1-5-19-12(13(2,3)4)21-20-11-9(15)6-8(14(16,17)18)7-10(11)22(23)24/h6-7,20H,5H2,1-4H3,(H,19,21). The van der Waals surface area contributed by atoms with Crippen LogP contribution in [0.1, 0.15) is 33.3 Å². The second-order valence-corrected chi connectivity index (χ2v) is 6.34. The van der Waals surface area contributed by atoms with Crippen LogP contribution >= 0.6 is 11.6 Å². The minimum absolute atomic E-state index is 0.261. The van der Waals surface area contributed by atoms with Gasteiger partial charge in [-0.25, -0.2) is 0 Å². The summed E-state index contributed by atoms with van der Waals surface area (Å²) in [4.78, 5) is 14.4. The van der Waals surface area contributed by atoms with Gasteiger partial charge in [-0.1, -0.05) is 32.4 Å². The Bertz CT molecular complexity index is 655. The molecule has 0 spiro atoms. The minimum atomic E-state index is -4.74. The van der Waals surface area contributed by atoms with Gasteiger partial charge in [-0.15, -0.1) is 0 Å². The predicted molar refractivity (Wildman–Crippen MR) is 87.3 cm³/mol. The molecule has 6 nitrogen and oxygen atoms in total. The Balaban J connectivity index is 3.25. The lowest BCUT2D eigenvalue weighted by Crippen LogP contribution is -2.39. The van der Waals surface area contributed by atoms with Gasteiger partial charge in [-0.3, -0.25) is 26.0 Å². The van der Waals surface area contributed by atoms with Crippen LogP contribution in [0.3, 0.4) is 0 Å². The number of anilines is 1. The smallest absolute Gasteiger partial charge is 0.292 e. The molecular weight excluding hydrogens is 349 g/mol. The highest BCUT2D eigenvalue weighted by Gasteiger charge is 2.34. The summed E-state index contributed by atoms with van der Waals surface area (Å²) in [6.45, 7) is 7.85. The van der Waals surface area contributed by atoms with Crippen molar-refractivity contribution >= 4 is 28.8 Å². The SMILES string of the molecule is CCN=C(NNc1c(Cl)cc(C(F)(F)F)cc1[N+](=O)[O-])C(C)(C)C. The fourth-order valence-corrected chi connectivity index (χ4v) is 2.03. The summed E-state index contributed by atoms with van der Waals surface area (Å²) >= 11 is 5.81. The Labute approximate surface area is 142 Å². The Morgan fingerprint density at radius 1 is 1.33 bits per heavy atom. The monoisotopic (exact) mass is 366 g/mol. The summed E-state index contributed by atoms with van der Waals surface area (Å²) in [5.41, 5.74) is 2.57. The van der Waals surface area contributed by atoms with Gasteiger partial charge in [0.25, 0.3) is 5.69 Å². The Kier molecular flexibility index (Phi) is 6.04. The number of nitro benzene ring substituents is 1. The van der Waals surface area contributed by atoms with Crippen molar-refractivity contribution in [1.29, 1.82) is 0 Å². The maximum atomic E-state index is 12.8. The van der Waals surface area contributed by atoms with E-state index in [4.69, 9.17) is 11.6 Å². The number of alkyl halides is 3. The van der Waals surface area contributed by atoms with Crippen LogP contribution in [0.15, 0.2) is 17.1 Å². The van der Waals surface area contributed by atoms with Gasteiger partial charge in [0.2, 0.25) is 0 Å². The molecule has 10 heteroatoms. The van der Waals surface area contributed by atoms with Crippen LogP contribution in [-0.2, 0) is 6.18 Å². The number of benzene rings is 1. The topological polar surface area (TPSA) is 79.6 Å². The number of rotatable bonds is 4. The van der Waals surface area contributed by atoms with E-state index in [9.17, 15) is 23.3 Å². The van der Waals surface area contributed by atoms with Gasteiger partial charge < -0.3 is 0 Å². The van der Waals surface area contributed by atoms with Crippen LogP contribution in [0.4, 0.5) is 24.5 Å². The number of halogens is 4. The predicted octanol–water partition coefficient (Wildman–Crippen LogP) is 4.65.